The van der Waals surface area contributed by atoms with Gasteiger partial charge in [0.2, 0.25) is 0 Å². The number of hydrogen-bond donors (Lipinski definition) is 1. The number of alkyl halides is 3. The zero-order valence-corrected chi connectivity index (χ0v) is 14.3. The molecule has 0 saturated carbocycles. The molecule has 0 atom stereocenters. The quantitative estimate of drug-likeness (QED) is 0.756. The first-order chi connectivity index (χ1) is 12.3. The molecule has 0 saturated heterocycles. The third-order valence-electron chi connectivity index (χ3n) is 4.09. The van der Waals surface area contributed by atoms with Crippen molar-refractivity contribution in [1.82, 2.24) is 24.6 Å². The fraction of sp³-hybridized carbons (Fsp3) is 0.353. The van der Waals surface area contributed by atoms with Crippen LogP contribution in [0, 0.1) is 0 Å². The number of nitrogens with zero attached hydrogens (tertiary/aromatic N) is 4. The molecule has 0 aliphatic rings. The Labute approximate surface area is 147 Å². The van der Waals surface area contributed by atoms with Crippen LogP contribution in [0.1, 0.15) is 35.2 Å². The van der Waals surface area contributed by atoms with Gasteiger partial charge in [0, 0.05) is 19.8 Å². The van der Waals surface area contributed by atoms with Crippen molar-refractivity contribution < 1.29 is 18.0 Å². The van der Waals surface area contributed by atoms with Crippen molar-refractivity contribution in [3.63, 3.8) is 0 Å². The molecule has 3 rings (SSSR count). The van der Waals surface area contributed by atoms with Gasteiger partial charge in [-0.15, -0.1) is 0 Å². The van der Waals surface area contributed by atoms with Gasteiger partial charge in [-0.2, -0.15) is 18.3 Å². The maximum Gasteiger partial charge on any atom is 0.416 e. The Morgan fingerprint density at radius 2 is 2.04 bits per heavy atom. The number of amides is 1. The number of aromatic nitrogens is 4. The molecule has 3 aromatic rings. The first kappa shape index (κ1) is 18.0. The van der Waals surface area contributed by atoms with Crippen molar-refractivity contribution in [2.75, 3.05) is 0 Å². The molecular formula is C17H18F3N5O. The van der Waals surface area contributed by atoms with Crippen molar-refractivity contribution in [3.05, 3.63) is 47.5 Å². The topological polar surface area (TPSA) is 64.7 Å². The summed E-state index contributed by atoms with van der Waals surface area (Å²) in [5.41, 5.74) is 0.494. The number of hydrogen-bond acceptors (Lipinski definition) is 3. The van der Waals surface area contributed by atoms with Gasteiger partial charge in [-0.3, -0.25) is 9.48 Å². The molecule has 0 spiro atoms. The lowest BCUT2D eigenvalue weighted by Gasteiger charge is -2.08. The molecule has 6 nitrogen and oxygen atoms in total. The SMILES string of the molecule is CCCn1nccc1C(=O)NCc1nc2cc(C(F)(F)F)ccc2n1C. The smallest absolute Gasteiger partial charge is 0.343 e. The highest BCUT2D eigenvalue weighted by Gasteiger charge is 2.31. The van der Waals surface area contributed by atoms with E-state index in [0.29, 0.717) is 23.6 Å². The second-order valence-electron chi connectivity index (χ2n) is 5.91. The summed E-state index contributed by atoms with van der Waals surface area (Å²) in [4.78, 5) is 16.6. The number of nitrogens with one attached hydrogen (secondary N) is 1. The van der Waals surface area contributed by atoms with Gasteiger partial charge in [0.05, 0.1) is 23.1 Å². The highest BCUT2D eigenvalue weighted by atomic mass is 19.4. The molecule has 1 N–H and O–H groups in total. The van der Waals surface area contributed by atoms with E-state index in [1.54, 1.807) is 28.6 Å². The molecule has 2 heterocycles. The van der Waals surface area contributed by atoms with Crippen molar-refractivity contribution in [1.29, 1.82) is 0 Å². The molecule has 0 bridgehead atoms. The number of imidazole rings is 1. The highest BCUT2D eigenvalue weighted by Crippen LogP contribution is 2.31. The number of halogens is 3. The van der Waals surface area contributed by atoms with Crippen LogP contribution >= 0.6 is 0 Å². The van der Waals surface area contributed by atoms with Gasteiger partial charge in [-0.1, -0.05) is 6.92 Å². The second-order valence-corrected chi connectivity index (χ2v) is 5.91. The number of aryl methyl sites for hydroxylation is 2. The number of carbonyl (C=O) groups is 1. The fourth-order valence-corrected chi connectivity index (χ4v) is 2.75. The van der Waals surface area contributed by atoms with Crippen LogP contribution in [0.2, 0.25) is 0 Å². The van der Waals surface area contributed by atoms with Crippen molar-refractivity contribution in [2.45, 2.75) is 32.6 Å². The lowest BCUT2D eigenvalue weighted by Crippen LogP contribution is -2.27. The Hall–Kier alpha value is -2.84. The standard InChI is InChI=1S/C17H18F3N5O/c1-3-8-25-14(6-7-22-25)16(26)21-10-15-23-12-9-11(17(18,19)20)4-5-13(12)24(15)2/h4-7,9H,3,8,10H2,1-2H3,(H,21,26). The van der Waals surface area contributed by atoms with Crippen LogP contribution in [0.4, 0.5) is 13.2 Å². The molecule has 0 radical (unpaired) electrons. The number of carbonyl (C=O) groups excluding carboxylic acids is 1. The Balaban J connectivity index is 1.79. The summed E-state index contributed by atoms with van der Waals surface area (Å²) < 4.78 is 41.8. The van der Waals surface area contributed by atoms with Gasteiger partial charge in [0.25, 0.3) is 5.91 Å². The summed E-state index contributed by atoms with van der Waals surface area (Å²) >= 11 is 0. The number of fused-ring (bicyclic) bond motifs is 1. The van der Waals surface area contributed by atoms with Crippen LogP contribution < -0.4 is 5.32 Å². The van der Waals surface area contributed by atoms with E-state index in [9.17, 15) is 18.0 Å². The molecule has 0 fully saturated rings. The van der Waals surface area contributed by atoms with Crippen molar-refractivity contribution in [3.8, 4) is 0 Å². The molecule has 9 heteroatoms. The molecule has 0 aliphatic carbocycles. The molecule has 0 aliphatic heterocycles. The van der Waals surface area contributed by atoms with E-state index in [4.69, 9.17) is 0 Å². The van der Waals surface area contributed by atoms with E-state index in [-0.39, 0.29) is 18.0 Å². The first-order valence-corrected chi connectivity index (χ1v) is 8.14. The number of rotatable bonds is 5. The van der Waals surface area contributed by atoms with Gasteiger partial charge in [-0.25, -0.2) is 4.98 Å². The zero-order chi connectivity index (χ0) is 18.9. The average Bonchev–Trinajstić information content (AvgIpc) is 3.17. The zero-order valence-electron chi connectivity index (χ0n) is 14.3. The molecule has 1 amide bonds. The third kappa shape index (κ3) is 3.42. The summed E-state index contributed by atoms with van der Waals surface area (Å²) in [7, 11) is 1.70. The molecular weight excluding hydrogens is 347 g/mol. The van der Waals surface area contributed by atoms with E-state index in [1.165, 1.54) is 6.07 Å². The molecule has 138 valence electrons. The Kier molecular flexibility index (Phi) is 4.71. The van der Waals surface area contributed by atoms with Crippen LogP contribution in [0.15, 0.2) is 30.5 Å². The monoisotopic (exact) mass is 365 g/mol. The molecule has 1 aromatic carbocycles. The Bertz CT molecular complexity index is 942. The summed E-state index contributed by atoms with van der Waals surface area (Å²) in [5.74, 6) is 0.160. The first-order valence-electron chi connectivity index (χ1n) is 8.14. The summed E-state index contributed by atoms with van der Waals surface area (Å²) in [6.45, 7) is 2.71. The lowest BCUT2D eigenvalue weighted by molar-refractivity contribution is -0.137. The predicted octanol–water partition coefficient (Wildman–Crippen LogP) is 3.13. The number of benzene rings is 1. The van der Waals surface area contributed by atoms with Crippen LogP contribution in [-0.2, 0) is 26.3 Å². The predicted molar refractivity (Wildman–Crippen MR) is 89.4 cm³/mol. The van der Waals surface area contributed by atoms with Gasteiger partial charge in [0.15, 0.2) is 0 Å². The maximum absolute atomic E-state index is 12.8. The van der Waals surface area contributed by atoms with E-state index >= 15 is 0 Å². The van der Waals surface area contributed by atoms with Gasteiger partial charge >= 0.3 is 6.18 Å². The Morgan fingerprint density at radius 3 is 2.73 bits per heavy atom. The van der Waals surface area contributed by atoms with Gasteiger partial charge in [-0.05, 0) is 30.7 Å². The highest BCUT2D eigenvalue weighted by molar-refractivity contribution is 5.92. The fourth-order valence-electron chi connectivity index (χ4n) is 2.75. The molecule has 26 heavy (non-hydrogen) atoms. The largest absolute Gasteiger partial charge is 0.416 e. The third-order valence-corrected chi connectivity index (χ3v) is 4.09. The minimum absolute atomic E-state index is 0.0999. The normalized spacial score (nSPS) is 11.9. The summed E-state index contributed by atoms with van der Waals surface area (Å²) in [6.07, 6.45) is -2.02. The minimum Gasteiger partial charge on any atom is -0.343 e. The van der Waals surface area contributed by atoms with Crippen molar-refractivity contribution in [2.24, 2.45) is 7.05 Å². The second kappa shape index (κ2) is 6.81. The maximum atomic E-state index is 12.8. The van der Waals surface area contributed by atoms with E-state index in [0.717, 1.165) is 18.6 Å². The van der Waals surface area contributed by atoms with Crippen LogP contribution in [0.25, 0.3) is 11.0 Å². The molecule has 2 aromatic heterocycles. The van der Waals surface area contributed by atoms with E-state index in [2.05, 4.69) is 15.4 Å². The van der Waals surface area contributed by atoms with Crippen LogP contribution in [0.5, 0.6) is 0 Å². The minimum atomic E-state index is -4.42. The summed E-state index contributed by atoms with van der Waals surface area (Å²) in [5, 5.41) is 6.84. The molecule has 0 unspecified atom stereocenters. The summed E-state index contributed by atoms with van der Waals surface area (Å²) in [6, 6.07) is 5.04. The van der Waals surface area contributed by atoms with E-state index < -0.39 is 11.7 Å². The van der Waals surface area contributed by atoms with Crippen LogP contribution in [0.3, 0.4) is 0 Å². The van der Waals surface area contributed by atoms with Gasteiger partial charge in [0.1, 0.15) is 11.5 Å². The van der Waals surface area contributed by atoms with Crippen molar-refractivity contribution >= 4 is 16.9 Å². The average molecular weight is 365 g/mol. The van der Waals surface area contributed by atoms with E-state index in [1.807, 2.05) is 6.92 Å². The lowest BCUT2D eigenvalue weighted by atomic mass is 10.2. The Morgan fingerprint density at radius 1 is 1.27 bits per heavy atom. The van der Waals surface area contributed by atoms with Gasteiger partial charge < -0.3 is 9.88 Å². The van der Waals surface area contributed by atoms with Crippen LogP contribution in [-0.4, -0.2) is 25.2 Å².